The Hall–Kier alpha value is -0.820. The minimum atomic E-state index is 0.577. The molecule has 1 nitrogen and oxygen atoms in total. The average Bonchev–Trinajstić information content (AvgIpc) is 2.28. The van der Waals surface area contributed by atoms with Gasteiger partial charge >= 0.3 is 0 Å². The van der Waals surface area contributed by atoms with Gasteiger partial charge in [-0.15, -0.1) is 0 Å². The van der Waals surface area contributed by atoms with Gasteiger partial charge in [-0.25, -0.2) is 0 Å². The Bertz CT molecular complexity index is 356. The van der Waals surface area contributed by atoms with E-state index in [1.54, 1.807) is 5.56 Å². The van der Waals surface area contributed by atoms with Crippen molar-refractivity contribution in [3.05, 3.63) is 35.4 Å². The van der Waals surface area contributed by atoms with Crippen molar-refractivity contribution in [3.8, 4) is 0 Å². The van der Waals surface area contributed by atoms with E-state index in [0.29, 0.717) is 12.1 Å². The normalized spacial score (nSPS) is 21.3. The molecule has 0 amide bonds. The molecule has 17 heavy (non-hydrogen) atoms. The van der Waals surface area contributed by atoms with E-state index in [1.165, 1.54) is 31.2 Å². The summed E-state index contributed by atoms with van der Waals surface area (Å²) in [4.78, 5) is 0. The van der Waals surface area contributed by atoms with E-state index >= 15 is 0 Å². The highest BCUT2D eigenvalue weighted by Gasteiger charge is 2.20. The maximum absolute atomic E-state index is 3.81. The lowest BCUT2D eigenvalue weighted by atomic mass is 9.87. The van der Waals surface area contributed by atoms with Crippen LogP contribution in [0.15, 0.2) is 24.3 Å². The Kier molecular flexibility index (Phi) is 4.22. The molecule has 1 heteroatoms. The third-order valence-corrected chi connectivity index (χ3v) is 3.68. The molecule has 1 aliphatic rings. The fourth-order valence-corrected chi connectivity index (χ4v) is 3.05. The van der Waals surface area contributed by atoms with Gasteiger partial charge in [0.15, 0.2) is 0 Å². The van der Waals surface area contributed by atoms with Gasteiger partial charge in [0.2, 0.25) is 0 Å². The van der Waals surface area contributed by atoms with Crippen molar-refractivity contribution < 1.29 is 0 Å². The summed E-state index contributed by atoms with van der Waals surface area (Å²) in [5.74, 6) is 0.774. The maximum atomic E-state index is 3.81. The Morgan fingerprint density at radius 3 is 2.76 bits per heavy atom. The van der Waals surface area contributed by atoms with Gasteiger partial charge in [-0.3, -0.25) is 0 Å². The van der Waals surface area contributed by atoms with Crippen molar-refractivity contribution in [3.63, 3.8) is 0 Å². The van der Waals surface area contributed by atoms with Gasteiger partial charge in [-0.2, -0.15) is 0 Å². The molecule has 0 saturated heterocycles. The largest absolute Gasteiger partial charge is 0.307 e. The molecular formula is C16H25N. The zero-order valence-corrected chi connectivity index (χ0v) is 11.4. The first-order valence-electron chi connectivity index (χ1n) is 7.00. The molecule has 0 spiro atoms. The molecule has 2 atom stereocenters. The fraction of sp³-hybridized carbons (Fsp3) is 0.625. The lowest BCUT2D eigenvalue weighted by molar-refractivity contribution is 0.367. The number of hydrogen-bond donors (Lipinski definition) is 1. The van der Waals surface area contributed by atoms with E-state index in [1.807, 2.05) is 0 Å². The molecule has 0 bridgehead atoms. The zero-order valence-electron chi connectivity index (χ0n) is 11.4. The van der Waals surface area contributed by atoms with Crippen LogP contribution in [0.5, 0.6) is 0 Å². The predicted octanol–water partition coefficient (Wildman–Crippen LogP) is 4.09. The van der Waals surface area contributed by atoms with Crippen LogP contribution in [0.25, 0.3) is 0 Å². The van der Waals surface area contributed by atoms with E-state index < -0.39 is 0 Å². The first kappa shape index (κ1) is 12.6. The fourth-order valence-electron chi connectivity index (χ4n) is 3.05. The van der Waals surface area contributed by atoms with Gasteiger partial charge in [0, 0.05) is 12.1 Å². The zero-order chi connectivity index (χ0) is 12.3. The topological polar surface area (TPSA) is 12.0 Å². The second-order valence-corrected chi connectivity index (χ2v) is 5.84. The Morgan fingerprint density at radius 2 is 2.00 bits per heavy atom. The number of fused-ring (bicyclic) bond motifs is 1. The average molecular weight is 231 g/mol. The van der Waals surface area contributed by atoms with Crippen LogP contribution in [0.2, 0.25) is 0 Å². The van der Waals surface area contributed by atoms with Crippen LogP contribution in [0.3, 0.4) is 0 Å². The molecule has 2 unspecified atom stereocenters. The van der Waals surface area contributed by atoms with Gasteiger partial charge in [0.25, 0.3) is 0 Å². The van der Waals surface area contributed by atoms with Crippen LogP contribution in [0.4, 0.5) is 0 Å². The minimum Gasteiger partial charge on any atom is -0.307 e. The van der Waals surface area contributed by atoms with Crippen LogP contribution < -0.4 is 5.32 Å². The van der Waals surface area contributed by atoms with Gasteiger partial charge in [-0.05, 0) is 49.7 Å². The van der Waals surface area contributed by atoms with Crippen molar-refractivity contribution in [1.29, 1.82) is 0 Å². The van der Waals surface area contributed by atoms with Crippen LogP contribution in [-0.4, -0.2) is 6.04 Å². The van der Waals surface area contributed by atoms with Crippen molar-refractivity contribution in [1.82, 2.24) is 5.32 Å². The van der Waals surface area contributed by atoms with Crippen molar-refractivity contribution in [2.75, 3.05) is 0 Å². The third kappa shape index (κ3) is 3.32. The van der Waals surface area contributed by atoms with E-state index in [-0.39, 0.29) is 0 Å². The van der Waals surface area contributed by atoms with E-state index in [0.717, 1.165) is 5.92 Å². The molecule has 0 aliphatic heterocycles. The van der Waals surface area contributed by atoms with Crippen LogP contribution in [-0.2, 0) is 6.42 Å². The quantitative estimate of drug-likeness (QED) is 0.823. The second kappa shape index (κ2) is 5.68. The highest BCUT2D eigenvalue weighted by molar-refractivity contribution is 5.32. The summed E-state index contributed by atoms with van der Waals surface area (Å²) in [5, 5.41) is 3.81. The van der Waals surface area contributed by atoms with E-state index in [4.69, 9.17) is 0 Å². The van der Waals surface area contributed by atoms with Gasteiger partial charge < -0.3 is 5.32 Å². The Balaban J connectivity index is 2.03. The van der Waals surface area contributed by atoms with Gasteiger partial charge in [0.05, 0.1) is 0 Å². The molecule has 1 aromatic carbocycles. The summed E-state index contributed by atoms with van der Waals surface area (Å²) in [5.41, 5.74) is 3.09. The molecule has 0 heterocycles. The first-order chi connectivity index (χ1) is 8.16. The summed E-state index contributed by atoms with van der Waals surface area (Å²) < 4.78 is 0. The number of rotatable bonds is 4. The summed E-state index contributed by atoms with van der Waals surface area (Å²) >= 11 is 0. The van der Waals surface area contributed by atoms with Crippen molar-refractivity contribution in [2.45, 2.75) is 58.5 Å². The minimum absolute atomic E-state index is 0.577. The first-order valence-corrected chi connectivity index (χ1v) is 7.00. The molecule has 0 saturated carbocycles. The number of benzene rings is 1. The van der Waals surface area contributed by atoms with Crippen LogP contribution in [0.1, 0.15) is 57.2 Å². The van der Waals surface area contributed by atoms with Crippen molar-refractivity contribution >= 4 is 0 Å². The van der Waals surface area contributed by atoms with Crippen molar-refractivity contribution in [2.24, 2.45) is 5.92 Å². The molecule has 0 radical (unpaired) electrons. The second-order valence-electron chi connectivity index (χ2n) is 5.84. The molecule has 94 valence electrons. The summed E-state index contributed by atoms with van der Waals surface area (Å²) in [7, 11) is 0. The smallest absolute Gasteiger partial charge is 0.0325 e. The monoisotopic (exact) mass is 231 g/mol. The molecule has 0 fully saturated rings. The predicted molar refractivity (Wildman–Crippen MR) is 74.2 cm³/mol. The summed E-state index contributed by atoms with van der Waals surface area (Å²) in [6, 6.07) is 10.1. The van der Waals surface area contributed by atoms with E-state index in [2.05, 4.69) is 50.4 Å². The number of aryl methyl sites for hydroxylation is 1. The van der Waals surface area contributed by atoms with E-state index in [9.17, 15) is 0 Å². The Labute approximate surface area is 106 Å². The summed E-state index contributed by atoms with van der Waals surface area (Å²) in [6.07, 6.45) is 5.13. The van der Waals surface area contributed by atoms with Gasteiger partial charge in [-0.1, -0.05) is 38.1 Å². The van der Waals surface area contributed by atoms with Gasteiger partial charge in [0.1, 0.15) is 0 Å². The molecular weight excluding hydrogens is 206 g/mol. The number of nitrogens with one attached hydrogen (secondary N) is 1. The summed E-state index contributed by atoms with van der Waals surface area (Å²) in [6.45, 7) is 6.91. The lowest BCUT2D eigenvalue weighted by Crippen LogP contribution is -2.33. The molecule has 2 rings (SSSR count). The molecule has 1 N–H and O–H groups in total. The third-order valence-electron chi connectivity index (χ3n) is 3.68. The molecule has 1 aliphatic carbocycles. The SMILES string of the molecule is CC(C)CC(C)NC1CCCc2ccccc21. The van der Waals surface area contributed by atoms with Crippen LogP contribution >= 0.6 is 0 Å². The molecule has 1 aromatic rings. The Morgan fingerprint density at radius 1 is 1.24 bits per heavy atom. The highest BCUT2D eigenvalue weighted by atomic mass is 14.9. The maximum Gasteiger partial charge on any atom is 0.0325 e. The lowest BCUT2D eigenvalue weighted by Gasteiger charge is -2.29. The van der Waals surface area contributed by atoms with Crippen LogP contribution in [0, 0.1) is 5.92 Å². The molecule has 0 aromatic heterocycles. The number of hydrogen-bond acceptors (Lipinski definition) is 1. The highest BCUT2D eigenvalue weighted by Crippen LogP contribution is 2.30. The standard InChI is InChI=1S/C16H25N/c1-12(2)11-13(3)17-16-10-6-8-14-7-4-5-9-15(14)16/h4-5,7,9,12-13,16-17H,6,8,10-11H2,1-3H3.